The molecule has 1 aliphatic heterocycles. The molecule has 2 unspecified atom stereocenters. The van der Waals surface area contributed by atoms with Crippen LogP contribution in [-0.4, -0.2) is 28.5 Å². The quantitative estimate of drug-likeness (QED) is 0.885. The highest BCUT2D eigenvalue weighted by Crippen LogP contribution is 2.24. The molecule has 1 saturated heterocycles. The maximum atomic E-state index is 4.33. The van der Waals surface area contributed by atoms with Crippen LogP contribution in [0.15, 0.2) is 18.3 Å². The molecule has 0 spiro atoms. The number of anilines is 1. The van der Waals surface area contributed by atoms with Crippen LogP contribution in [0.5, 0.6) is 0 Å². The predicted molar refractivity (Wildman–Crippen MR) is 76.7 cm³/mol. The fraction of sp³-hybridized carbons (Fsp3) is 0.667. The molecular weight excluding hydrogens is 222 g/mol. The van der Waals surface area contributed by atoms with Gasteiger partial charge in [0.1, 0.15) is 5.82 Å². The molecule has 0 amide bonds. The Morgan fingerprint density at radius 3 is 2.72 bits per heavy atom. The molecule has 2 heterocycles. The van der Waals surface area contributed by atoms with E-state index in [9.17, 15) is 0 Å². The second kappa shape index (κ2) is 6.19. The number of likely N-dealkylation sites (tertiary alicyclic amines) is 1. The minimum atomic E-state index is 0.699. The highest BCUT2D eigenvalue weighted by molar-refractivity contribution is 5.37. The summed E-state index contributed by atoms with van der Waals surface area (Å²) in [5, 5.41) is 3.28. The Balaban J connectivity index is 2.05. The molecule has 2 rings (SSSR count). The maximum Gasteiger partial charge on any atom is 0.126 e. The van der Waals surface area contributed by atoms with Crippen molar-refractivity contribution >= 4 is 5.82 Å². The van der Waals surface area contributed by atoms with Crippen molar-refractivity contribution in [2.24, 2.45) is 0 Å². The lowest BCUT2D eigenvalue weighted by molar-refractivity contribution is 0.0953. The van der Waals surface area contributed by atoms with E-state index in [1.807, 2.05) is 6.20 Å². The summed E-state index contributed by atoms with van der Waals surface area (Å²) >= 11 is 0. The largest absolute Gasteiger partial charge is 0.370 e. The van der Waals surface area contributed by atoms with Crippen molar-refractivity contribution in [1.82, 2.24) is 9.88 Å². The predicted octanol–water partition coefficient (Wildman–Crippen LogP) is 3.28. The van der Waals surface area contributed by atoms with E-state index in [0.29, 0.717) is 12.1 Å². The van der Waals surface area contributed by atoms with Gasteiger partial charge in [0.15, 0.2) is 0 Å². The van der Waals surface area contributed by atoms with Crippen molar-refractivity contribution in [2.45, 2.75) is 58.7 Å². The number of aromatic nitrogens is 1. The van der Waals surface area contributed by atoms with E-state index in [4.69, 9.17) is 0 Å². The van der Waals surface area contributed by atoms with Gasteiger partial charge in [-0.05, 0) is 51.3 Å². The molecule has 0 bridgehead atoms. The first kappa shape index (κ1) is 13.3. The molecule has 1 aromatic heterocycles. The molecule has 0 aliphatic carbocycles. The van der Waals surface area contributed by atoms with Crippen molar-refractivity contribution < 1.29 is 0 Å². The maximum absolute atomic E-state index is 4.33. The fourth-order valence-corrected chi connectivity index (χ4v) is 2.85. The van der Waals surface area contributed by atoms with Crippen molar-refractivity contribution in [3.63, 3.8) is 0 Å². The highest BCUT2D eigenvalue weighted by atomic mass is 15.2. The Hall–Kier alpha value is -1.09. The Morgan fingerprint density at radius 2 is 2.06 bits per heavy atom. The molecular formula is C15H25N3. The van der Waals surface area contributed by atoms with Gasteiger partial charge in [-0.1, -0.05) is 6.42 Å². The molecule has 0 saturated carbocycles. The molecule has 1 fully saturated rings. The van der Waals surface area contributed by atoms with Gasteiger partial charge < -0.3 is 5.32 Å². The summed E-state index contributed by atoms with van der Waals surface area (Å²) in [5.41, 5.74) is 1.36. The van der Waals surface area contributed by atoms with Gasteiger partial charge in [-0.3, -0.25) is 4.90 Å². The van der Waals surface area contributed by atoms with E-state index in [1.165, 1.54) is 24.8 Å². The minimum Gasteiger partial charge on any atom is -0.370 e. The number of nitrogens with zero attached hydrogens (tertiary/aromatic N) is 2. The van der Waals surface area contributed by atoms with Crippen LogP contribution in [0.25, 0.3) is 0 Å². The van der Waals surface area contributed by atoms with Crippen LogP contribution in [0.3, 0.4) is 0 Å². The molecule has 3 heteroatoms. The Morgan fingerprint density at radius 1 is 1.33 bits per heavy atom. The summed E-state index contributed by atoms with van der Waals surface area (Å²) in [6, 6.07) is 5.71. The van der Waals surface area contributed by atoms with Gasteiger partial charge in [-0.15, -0.1) is 0 Å². The molecule has 1 N–H and O–H groups in total. The number of piperidine rings is 1. The lowest BCUT2D eigenvalue weighted by Crippen LogP contribution is -2.42. The minimum absolute atomic E-state index is 0.699. The lowest BCUT2D eigenvalue weighted by atomic mass is 9.97. The number of pyridine rings is 1. The van der Waals surface area contributed by atoms with Crippen molar-refractivity contribution in [3.8, 4) is 0 Å². The van der Waals surface area contributed by atoms with Crippen LogP contribution in [0.4, 0.5) is 5.82 Å². The normalized spacial score (nSPS) is 25.1. The lowest BCUT2D eigenvalue weighted by Gasteiger charge is -2.39. The molecule has 100 valence electrons. The van der Waals surface area contributed by atoms with Crippen molar-refractivity contribution in [3.05, 3.63) is 23.9 Å². The summed E-state index contributed by atoms with van der Waals surface area (Å²) in [6.45, 7) is 8.77. The average Bonchev–Trinajstić information content (AvgIpc) is 2.35. The molecule has 18 heavy (non-hydrogen) atoms. The summed E-state index contributed by atoms with van der Waals surface area (Å²) in [6.07, 6.45) is 5.94. The highest BCUT2D eigenvalue weighted by Gasteiger charge is 2.24. The zero-order chi connectivity index (χ0) is 13.0. The Labute approximate surface area is 111 Å². The van der Waals surface area contributed by atoms with E-state index in [0.717, 1.165) is 18.9 Å². The summed E-state index contributed by atoms with van der Waals surface area (Å²) < 4.78 is 0. The zero-order valence-corrected chi connectivity index (χ0v) is 11.8. The van der Waals surface area contributed by atoms with Crippen LogP contribution in [0.1, 0.15) is 45.6 Å². The summed E-state index contributed by atoms with van der Waals surface area (Å²) in [5.74, 6) is 0.993. The first-order valence-corrected chi connectivity index (χ1v) is 7.15. The molecule has 3 nitrogen and oxygen atoms in total. The zero-order valence-electron chi connectivity index (χ0n) is 11.8. The average molecular weight is 247 g/mol. The van der Waals surface area contributed by atoms with Crippen LogP contribution < -0.4 is 5.32 Å². The SMILES string of the molecule is CCNc1cc(CN2C(C)CCCC2C)ccn1. The second-order valence-corrected chi connectivity index (χ2v) is 5.38. The number of nitrogens with one attached hydrogen (secondary N) is 1. The van der Waals surface area contributed by atoms with Gasteiger partial charge in [0.25, 0.3) is 0 Å². The first-order chi connectivity index (χ1) is 8.70. The van der Waals surface area contributed by atoms with E-state index in [2.05, 4.69) is 48.1 Å². The van der Waals surface area contributed by atoms with E-state index >= 15 is 0 Å². The number of hydrogen-bond donors (Lipinski definition) is 1. The second-order valence-electron chi connectivity index (χ2n) is 5.38. The Kier molecular flexibility index (Phi) is 4.59. The molecule has 0 radical (unpaired) electrons. The van der Waals surface area contributed by atoms with Gasteiger partial charge in [-0.2, -0.15) is 0 Å². The topological polar surface area (TPSA) is 28.2 Å². The van der Waals surface area contributed by atoms with Crippen LogP contribution in [-0.2, 0) is 6.54 Å². The van der Waals surface area contributed by atoms with Gasteiger partial charge in [0.2, 0.25) is 0 Å². The van der Waals surface area contributed by atoms with Crippen molar-refractivity contribution in [2.75, 3.05) is 11.9 Å². The first-order valence-electron chi connectivity index (χ1n) is 7.15. The molecule has 2 atom stereocenters. The van der Waals surface area contributed by atoms with Crippen LogP contribution in [0.2, 0.25) is 0 Å². The van der Waals surface area contributed by atoms with E-state index in [1.54, 1.807) is 0 Å². The monoisotopic (exact) mass is 247 g/mol. The molecule has 1 aliphatic rings. The summed E-state index contributed by atoms with van der Waals surface area (Å²) in [7, 11) is 0. The fourth-order valence-electron chi connectivity index (χ4n) is 2.85. The number of rotatable bonds is 4. The number of hydrogen-bond acceptors (Lipinski definition) is 3. The van der Waals surface area contributed by atoms with Gasteiger partial charge in [0.05, 0.1) is 0 Å². The van der Waals surface area contributed by atoms with Crippen molar-refractivity contribution in [1.29, 1.82) is 0 Å². The smallest absolute Gasteiger partial charge is 0.126 e. The third kappa shape index (κ3) is 3.22. The Bertz CT molecular complexity index is 368. The van der Waals surface area contributed by atoms with Crippen LogP contribution in [0, 0.1) is 0 Å². The van der Waals surface area contributed by atoms with Gasteiger partial charge >= 0.3 is 0 Å². The standard InChI is InChI=1S/C15H25N3/c1-4-16-15-10-14(8-9-17-15)11-18-12(2)6-5-7-13(18)3/h8-10,12-13H,4-7,11H2,1-3H3,(H,16,17). The van der Waals surface area contributed by atoms with Gasteiger partial charge in [-0.25, -0.2) is 4.98 Å². The van der Waals surface area contributed by atoms with E-state index < -0.39 is 0 Å². The van der Waals surface area contributed by atoms with Gasteiger partial charge in [0, 0.05) is 31.4 Å². The third-order valence-electron chi connectivity index (χ3n) is 3.92. The third-order valence-corrected chi connectivity index (χ3v) is 3.92. The molecule has 0 aromatic carbocycles. The van der Waals surface area contributed by atoms with E-state index in [-0.39, 0.29) is 0 Å². The summed E-state index contributed by atoms with van der Waals surface area (Å²) in [4.78, 5) is 6.95. The molecule has 1 aromatic rings. The van der Waals surface area contributed by atoms with Crippen LogP contribution >= 0.6 is 0 Å².